The van der Waals surface area contributed by atoms with Crippen molar-refractivity contribution in [3.05, 3.63) is 152 Å². The maximum absolute atomic E-state index is 3.66. The van der Waals surface area contributed by atoms with Crippen LogP contribution in [0.1, 0.15) is 0 Å². The van der Waals surface area contributed by atoms with Gasteiger partial charge in [-0.05, 0) is 69.4 Å². The fourth-order valence-electron chi connectivity index (χ4n) is 6.81. The van der Waals surface area contributed by atoms with Gasteiger partial charge in [0.15, 0.2) is 0 Å². The quantitative estimate of drug-likeness (QED) is 0.233. The van der Waals surface area contributed by atoms with Gasteiger partial charge in [0.25, 0.3) is 0 Å². The third-order valence-corrected chi connectivity index (χ3v) is 8.73. The van der Waals surface area contributed by atoms with Crippen molar-refractivity contribution in [2.24, 2.45) is 0 Å². The van der Waals surface area contributed by atoms with Gasteiger partial charge < -0.3 is 9.55 Å². The van der Waals surface area contributed by atoms with Gasteiger partial charge in [-0.15, -0.1) is 0 Å². The third kappa shape index (κ3) is 3.39. The molecule has 0 bridgehead atoms. The van der Waals surface area contributed by atoms with Crippen LogP contribution in [-0.2, 0) is 0 Å². The van der Waals surface area contributed by atoms with Crippen molar-refractivity contribution in [1.29, 1.82) is 0 Å². The highest BCUT2D eigenvalue weighted by Gasteiger charge is 2.15. The first-order valence-electron chi connectivity index (χ1n) is 14.5. The molecular formula is C40H26N2. The van der Waals surface area contributed by atoms with Crippen LogP contribution in [0.4, 0.5) is 0 Å². The van der Waals surface area contributed by atoms with Gasteiger partial charge >= 0.3 is 0 Å². The van der Waals surface area contributed by atoms with E-state index in [1.54, 1.807) is 0 Å². The molecule has 2 aromatic heterocycles. The Kier molecular flexibility index (Phi) is 4.93. The van der Waals surface area contributed by atoms with E-state index in [9.17, 15) is 0 Å². The van der Waals surface area contributed by atoms with Crippen LogP contribution in [0, 0.1) is 0 Å². The summed E-state index contributed by atoms with van der Waals surface area (Å²) < 4.78 is 2.38. The summed E-state index contributed by atoms with van der Waals surface area (Å²) >= 11 is 0. The monoisotopic (exact) mass is 534 g/mol. The highest BCUT2D eigenvalue weighted by molar-refractivity contribution is 6.23. The summed E-state index contributed by atoms with van der Waals surface area (Å²) in [7, 11) is 0. The smallest absolute Gasteiger partial charge is 0.0547 e. The number of aromatic nitrogens is 2. The predicted octanol–water partition coefficient (Wildman–Crippen LogP) is 10.9. The summed E-state index contributed by atoms with van der Waals surface area (Å²) in [5, 5.41) is 7.67. The van der Waals surface area contributed by atoms with E-state index < -0.39 is 0 Å². The summed E-state index contributed by atoms with van der Waals surface area (Å²) in [4.78, 5) is 3.66. The molecule has 0 saturated heterocycles. The van der Waals surface area contributed by atoms with E-state index in [1.807, 2.05) is 0 Å². The second-order valence-electron chi connectivity index (χ2n) is 11.1. The molecule has 2 heterocycles. The van der Waals surface area contributed by atoms with E-state index >= 15 is 0 Å². The molecule has 0 radical (unpaired) electrons. The number of fused-ring (bicyclic) bond motifs is 8. The Morgan fingerprint density at radius 3 is 1.83 bits per heavy atom. The molecule has 196 valence electrons. The van der Waals surface area contributed by atoms with Crippen LogP contribution in [-0.4, -0.2) is 9.55 Å². The molecule has 0 amide bonds. The Hall–Kier alpha value is -5.60. The highest BCUT2D eigenvalue weighted by atomic mass is 15.0. The Morgan fingerprint density at radius 2 is 1.00 bits per heavy atom. The van der Waals surface area contributed by atoms with E-state index in [0.717, 1.165) is 0 Å². The van der Waals surface area contributed by atoms with Crippen molar-refractivity contribution in [2.75, 3.05) is 0 Å². The van der Waals surface area contributed by atoms with Crippen molar-refractivity contribution in [3.63, 3.8) is 0 Å². The average molecular weight is 535 g/mol. The molecule has 0 saturated carbocycles. The minimum absolute atomic E-state index is 1.17. The van der Waals surface area contributed by atoms with Gasteiger partial charge in [-0.25, -0.2) is 0 Å². The first-order chi connectivity index (χ1) is 20.8. The third-order valence-electron chi connectivity index (χ3n) is 8.73. The van der Waals surface area contributed by atoms with E-state index in [1.165, 1.54) is 82.3 Å². The summed E-state index contributed by atoms with van der Waals surface area (Å²) in [6.45, 7) is 0. The molecule has 0 aliphatic carbocycles. The Balaban J connectivity index is 1.20. The molecule has 1 N–H and O–H groups in total. The minimum atomic E-state index is 1.17. The Labute approximate surface area is 243 Å². The second kappa shape index (κ2) is 8.95. The number of aromatic amines is 1. The number of hydrogen-bond donors (Lipinski definition) is 1. The number of H-pyrrole nitrogens is 1. The van der Waals surface area contributed by atoms with Crippen molar-refractivity contribution < 1.29 is 0 Å². The van der Waals surface area contributed by atoms with Gasteiger partial charge in [-0.1, -0.05) is 115 Å². The van der Waals surface area contributed by atoms with Crippen LogP contribution < -0.4 is 0 Å². The number of nitrogens with one attached hydrogen (secondary N) is 1. The standard InChI is InChI=1S/C40H26N2/c1-2-10-29(11-3-1)42-38-17-9-7-13-31(38)32-23-22-28(24-39(32)42)26-18-20-27(21-19-26)35-25-37-40(33-14-5-4-12-30(33)35)34-15-6-8-16-36(34)41-37/h1-25,41H. The molecule has 0 spiro atoms. The lowest BCUT2D eigenvalue weighted by Gasteiger charge is -2.11. The van der Waals surface area contributed by atoms with Gasteiger partial charge in [0.05, 0.1) is 11.0 Å². The molecule has 0 atom stereocenters. The number of hydrogen-bond acceptors (Lipinski definition) is 0. The normalized spacial score (nSPS) is 11.8. The number of rotatable bonds is 3. The highest BCUT2D eigenvalue weighted by Crippen LogP contribution is 2.39. The molecule has 9 aromatic rings. The molecule has 0 unspecified atom stereocenters. The zero-order chi connectivity index (χ0) is 27.6. The minimum Gasteiger partial charge on any atom is -0.354 e. The van der Waals surface area contributed by atoms with Gasteiger partial charge in [0.2, 0.25) is 0 Å². The van der Waals surface area contributed by atoms with Gasteiger partial charge in [0.1, 0.15) is 0 Å². The lowest BCUT2D eigenvalue weighted by atomic mass is 9.93. The predicted molar refractivity (Wildman–Crippen MR) is 179 cm³/mol. The van der Waals surface area contributed by atoms with Gasteiger partial charge in [-0.2, -0.15) is 0 Å². The molecule has 2 heteroatoms. The molecule has 7 aromatic carbocycles. The SMILES string of the molecule is c1ccc(-n2c3ccccc3c3ccc(-c4ccc(-c5cc6[nH]c7ccccc7c6c6ccccc56)cc4)cc32)cc1. The summed E-state index contributed by atoms with van der Waals surface area (Å²) in [6, 6.07) is 54.9. The Bertz CT molecular complexity index is 2440. The molecule has 0 fully saturated rings. The first-order valence-corrected chi connectivity index (χ1v) is 14.5. The van der Waals surface area contributed by atoms with E-state index in [-0.39, 0.29) is 0 Å². The van der Waals surface area contributed by atoms with Crippen LogP contribution in [0.15, 0.2) is 152 Å². The fourth-order valence-corrected chi connectivity index (χ4v) is 6.81. The average Bonchev–Trinajstić information content (AvgIpc) is 3.60. The molecule has 9 rings (SSSR count). The second-order valence-corrected chi connectivity index (χ2v) is 11.1. The lowest BCUT2D eigenvalue weighted by Crippen LogP contribution is -1.93. The van der Waals surface area contributed by atoms with E-state index in [2.05, 4.69) is 161 Å². The zero-order valence-corrected chi connectivity index (χ0v) is 22.9. The molecule has 0 aliphatic heterocycles. The van der Waals surface area contributed by atoms with Crippen LogP contribution in [0.2, 0.25) is 0 Å². The van der Waals surface area contributed by atoms with E-state index in [0.29, 0.717) is 0 Å². The molecule has 2 nitrogen and oxygen atoms in total. The maximum Gasteiger partial charge on any atom is 0.0547 e. The van der Waals surface area contributed by atoms with Crippen molar-refractivity contribution >= 4 is 54.4 Å². The number of nitrogens with zero attached hydrogens (tertiary/aromatic N) is 1. The lowest BCUT2D eigenvalue weighted by molar-refractivity contribution is 1.18. The van der Waals surface area contributed by atoms with Gasteiger partial charge in [-0.3, -0.25) is 0 Å². The van der Waals surface area contributed by atoms with Crippen LogP contribution in [0.25, 0.3) is 82.3 Å². The topological polar surface area (TPSA) is 20.7 Å². The molecule has 0 aliphatic rings. The fraction of sp³-hybridized carbons (Fsp3) is 0. The van der Waals surface area contributed by atoms with Crippen molar-refractivity contribution in [3.8, 4) is 27.9 Å². The van der Waals surface area contributed by atoms with E-state index in [4.69, 9.17) is 0 Å². The van der Waals surface area contributed by atoms with Crippen molar-refractivity contribution in [2.45, 2.75) is 0 Å². The summed E-state index contributed by atoms with van der Waals surface area (Å²) in [6.07, 6.45) is 0. The summed E-state index contributed by atoms with van der Waals surface area (Å²) in [5.74, 6) is 0. The maximum atomic E-state index is 3.66. The Morgan fingerprint density at radius 1 is 0.381 bits per heavy atom. The first kappa shape index (κ1) is 23.1. The van der Waals surface area contributed by atoms with Crippen molar-refractivity contribution in [1.82, 2.24) is 9.55 Å². The summed E-state index contributed by atoms with van der Waals surface area (Å²) in [5.41, 5.74) is 10.9. The largest absolute Gasteiger partial charge is 0.354 e. The number of para-hydroxylation sites is 3. The molecule has 42 heavy (non-hydrogen) atoms. The van der Waals surface area contributed by atoms with Crippen LogP contribution in [0.3, 0.4) is 0 Å². The zero-order valence-electron chi connectivity index (χ0n) is 22.9. The number of benzene rings is 7. The van der Waals surface area contributed by atoms with Crippen LogP contribution in [0.5, 0.6) is 0 Å². The molecular weight excluding hydrogens is 508 g/mol. The van der Waals surface area contributed by atoms with Crippen LogP contribution >= 0.6 is 0 Å². The van der Waals surface area contributed by atoms with Gasteiger partial charge in [0, 0.05) is 38.3 Å².